The predicted octanol–water partition coefficient (Wildman–Crippen LogP) is 3.50. The Hall–Kier alpha value is -0.370. The molecule has 1 aliphatic carbocycles. The summed E-state index contributed by atoms with van der Waals surface area (Å²) in [5.41, 5.74) is 0.376. The van der Waals surface area contributed by atoms with E-state index >= 15 is 0 Å². The predicted molar refractivity (Wildman–Crippen MR) is 75.6 cm³/mol. The molecule has 0 spiro atoms. The first-order chi connectivity index (χ1) is 8.50. The second-order valence-electron chi connectivity index (χ2n) is 7.23. The Morgan fingerprint density at radius 2 is 2.17 bits per heavy atom. The highest BCUT2D eigenvalue weighted by atomic mass is 16.1. The molecule has 2 rings (SSSR count). The van der Waals surface area contributed by atoms with Gasteiger partial charge in [0.15, 0.2) is 0 Å². The second-order valence-corrected chi connectivity index (χ2v) is 7.23. The molecule has 0 aromatic heterocycles. The summed E-state index contributed by atoms with van der Waals surface area (Å²) in [6, 6.07) is 0. The van der Waals surface area contributed by atoms with Gasteiger partial charge in [0, 0.05) is 25.4 Å². The van der Waals surface area contributed by atoms with Crippen LogP contribution in [-0.4, -0.2) is 30.3 Å². The van der Waals surface area contributed by atoms with Gasteiger partial charge in [0.05, 0.1) is 0 Å². The Balaban J connectivity index is 1.83. The van der Waals surface area contributed by atoms with E-state index in [1.165, 1.54) is 32.4 Å². The lowest BCUT2D eigenvalue weighted by Gasteiger charge is -2.36. The van der Waals surface area contributed by atoms with Crippen molar-refractivity contribution in [2.45, 2.75) is 59.3 Å². The summed E-state index contributed by atoms with van der Waals surface area (Å²) in [6.07, 6.45) is 7.00. The molecule has 0 amide bonds. The van der Waals surface area contributed by atoms with Crippen LogP contribution in [0.2, 0.25) is 0 Å². The summed E-state index contributed by atoms with van der Waals surface area (Å²) in [5, 5.41) is 0. The van der Waals surface area contributed by atoms with Gasteiger partial charge in [-0.2, -0.15) is 0 Å². The number of carbonyl (C=O) groups excluding carboxylic acids is 1. The van der Waals surface area contributed by atoms with Gasteiger partial charge in [-0.25, -0.2) is 0 Å². The smallest absolute Gasteiger partial charge is 0.137 e. The van der Waals surface area contributed by atoms with Gasteiger partial charge >= 0.3 is 0 Å². The largest absolute Gasteiger partial charge is 0.302 e. The number of hydrogen-bond donors (Lipinski definition) is 0. The van der Waals surface area contributed by atoms with Crippen molar-refractivity contribution >= 4 is 5.78 Å². The fourth-order valence-corrected chi connectivity index (χ4v) is 3.75. The highest BCUT2D eigenvalue weighted by Crippen LogP contribution is 2.37. The minimum Gasteiger partial charge on any atom is -0.302 e. The van der Waals surface area contributed by atoms with Crippen LogP contribution in [0.25, 0.3) is 0 Å². The van der Waals surface area contributed by atoms with Crippen molar-refractivity contribution in [3.63, 3.8) is 0 Å². The van der Waals surface area contributed by atoms with Crippen molar-refractivity contribution in [3.05, 3.63) is 0 Å². The Morgan fingerprint density at radius 3 is 2.89 bits per heavy atom. The van der Waals surface area contributed by atoms with Crippen LogP contribution in [0.1, 0.15) is 59.3 Å². The maximum atomic E-state index is 12.1. The molecule has 18 heavy (non-hydrogen) atoms. The van der Waals surface area contributed by atoms with E-state index in [1.54, 1.807) is 0 Å². The highest BCUT2D eigenvalue weighted by Gasteiger charge is 2.35. The number of rotatable bonds is 4. The van der Waals surface area contributed by atoms with Crippen molar-refractivity contribution in [2.75, 3.05) is 19.6 Å². The van der Waals surface area contributed by atoms with Crippen LogP contribution in [0, 0.1) is 17.3 Å². The van der Waals surface area contributed by atoms with Gasteiger partial charge in [-0.05, 0) is 43.6 Å². The molecule has 0 bridgehead atoms. The van der Waals surface area contributed by atoms with Crippen LogP contribution >= 0.6 is 0 Å². The van der Waals surface area contributed by atoms with Crippen LogP contribution in [0.5, 0.6) is 0 Å². The molecular formula is C16H29NO. The molecule has 2 aliphatic rings. The molecule has 2 heteroatoms. The maximum Gasteiger partial charge on any atom is 0.137 e. The normalized spacial score (nSPS) is 32.9. The summed E-state index contributed by atoms with van der Waals surface area (Å²) in [6.45, 7) is 10.4. The third kappa shape index (κ3) is 3.57. The van der Waals surface area contributed by atoms with Gasteiger partial charge in [0.1, 0.15) is 5.78 Å². The Labute approximate surface area is 112 Å². The lowest BCUT2D eigenvalue weighted by Crippen LogP contribution is -2.38. The molecule has 1 aliphatic heterocycles. The third-order valence-corrected chi connectivity index (χ3v) is 4.85. The first-order valence-electron chi connectivity index (χ1n) is 7.75. The summed E-state index contributed by atoms with van der Waals surface area (Å²) in [7, 11) is 0. The van der Waals surface area contributed by atoms with E-state index in [4.69, 9.17) is 0 Å². The van der Waals surface area contributed by atoms with E-state index in [2.05, 4.69) is 25.7 Å². The first-order valence-corrected chi connectivity index (χ1v) is 7.75. The van der Waals surface area contributed by atoms with Crippen molar-refractivity contribution in [3.8, 4) is 0 Å². The summed E-state index contributed by atoms with van der Waals surface area (Å²) >= 11 is 0. The zero-order valence-corrected chi connectivity index (χ0v) is 12.4. The van der Waals surface area contributed by atoms with E-state index in [1.807, 2.05) is 0 Å². The van der Waals surface area contributed by atoms with Gasteiger partial charge in [-0.15, -0.1) is 0 Å². The minimum atomic E-state index is 0.314. The molecule has 1 saturated carbocycles. The number of ketones is 1. The van der Waals surface area contributed by atoms with Gasteiger partial charge in [0.25, 0.3) is 0 Å². The van der Waals surface area contributed by atoms with E-state index in [0.29, 0.717) is 17.1 Å². The number of Topliss-reactive ketones (excluding diaryl/α,β-unsaturated/α-hetero) is 1. The van der Waals surface area contributed by atoms with E-state index < -0.39 is 0 Å². The van der Waals surface area contributed by atoms with Crippen LogP contribution in [-0.2, 0) is 4.79 Å². The molecule has 1 saturated heterocycles. The van der Waals surface area contributed by atoms with E-state index in [-0.39, 0.29) is 0 Å². The number of nitrogens with zero attached hydrogens (tertiary/aromatic N) is 1. The minimum absolute atomic E-state index is 0.314. The van der Waals surface area contributed by atoms with Crippen LogP contribution in [0.3, 0.4) is 0 Å². The molecule has 0 radical (unpaired) electrons. The molecule has 0 aromatic carbocycles. The molecule has 0 aromatic rings. The Morgan fingerprint density at radius 1 is 1.39 bits per heavy atom. The molecule has 2 atom stereocenters. The van der Waals surface area contributed by atoms with Gasteiger partial charge < -0.3 is 4.90 Å². The second kappa shape index (κ2) is 5.73. The Kier molecular flexibility index (Phi) is 4.47. The van der Waals surface area contributed by atoms with Crippen LogP contribution < -0.4 is 0 Å². The van der Waals surface area contributed by atoms with E-state index in [9.17, 15) is 4.79 Å². The van der Waals surface area contributed by atoms with Crippen molar-refractivity contribution in [1.82, 2.24) is 4.90 Å². The number of likely N-dealkylation sites (tertiary alicyclic amines) is 1. The fraction of sp³-hybridized carbons (Fsp3) is 0.938. The van der Waals surface area contributed by atoms with Crippen molar-refractivity contribution < 1.29 is 4.79 Å². The number of hydrogen-bond acceptors (Lipinski definition) is 2. The molecule has 2 unspecified atom stereocenters. The zero-order chi connectivity index (χ0) is 13.2. The summed E-state index contributed by atoms with van der Waals surface area (Å²) in [5.74, 6) is 1.73. The molecule has 1 heterocycles. The molecular weight excluding hydrogens is 222 g/mol. The standard InChI is InChI=1S/C16H29NO/c1-4-5-13-7-9-17(11-13)12-14-10-16(2,3)8-6-15(14)18/h13-14H,4-12H2,1-3H3. The third-order valence-electron chi connectivity index (χ3n) is 4.85. The number of carbonyl (C=O) groups is 1. The lowest BCUT2D eigenvalue weighted by molar-refractivity contribution is -0.127. The average molecular weight is 251 g/mol. The van der Waals surface area contributed by atoms with Crippen LogP contribution in [0.15, 0.2) is 0 Å². The van der Waals surface area contributed by atoms with Crippen LogP contribution in [0.4, 0.5) is 0 Å². The highest BCUT2D eigenvalue weighted by molar-refractivity contribution is 5.82. The molecule has 2 fully saturated rings. The fourth-order valence-electron chi connectivity index (χ4n) is 3.75. The monoisotopic (exact) mass is 251 g/mol. The molecule has 104 valence electrons. The summed E-state index contributed by atoms with van der Waals surface area (Å²) in [4.78, 5) is 14.6. The summed E-state index contributed by atoms with van der Waals surface area (Å²) < 4.78 is 0. The van der Waals surface area contributed by atoms with E-state index in [0.717, 1.165) is 31.7 Å². The zero-order valence-electron chi connectivity index (χ0n) is 12.4. The lowest BCUT2D eigenvalue weighted by atomic mass is 9.71. The van der Waals surface area contributed by atoms with Gasteiger partial charge in [0.2, 0.25) is 0 Å². The topological polar surface area (TPSA) is 20.3 Å². The maximum absolute atomic E-state index is 12.1. The Bertz CT molecular complexity index is 297. The molecule has 0 N–H and O–H groups in total. The SMILES string of the molecule is CCCC1CCN(CC2CC(C)(C)CCC2=O)C1. The quantitative estimate of drug-likeness (QED) is 0.762. The first kappa shape index (κ1) is 14.0. The van der Waals surface area contributed by atoms with Gasteiger partial charge in [-0.1, -0.05) is 27.2 Å². The average Bonchev–Trinajstić information content (AvgIpc) is 2.72. The molecule has 2 nitrogen and oxygen atoms in total. The van der Waals surface area contributed by atoms with Crippen molar-refractivity contribution in [1.29, 1.82) is 0 Å². The van der Waals surface area contributed by atoms with Crippen molar-refractivity contribution in [2.24, 2.45) is 17.3 Å². The van der Waals surface area contributed by atoms with Gasteiger partial charge in [-0.3, -0.25) is 4.79 Å².